The molecule has 1 fully saturated rings. The predicted octanol–water partition coefficient (Wildman–Crippen LogP) is 1.75. The van der Waals surface area contributed by atoms with Crippen LogP contribution in [0.2, 0.25) is 0 Å². The Hall–Kier alpha value is -1.95. The molecule has 0 aliphatic carbocycles. The van der Waals surface area contributed by atoms with Crippen molar-refractivity contribution in [3.63, 3.8) is 0 Å². The fourth-order valence-electron chi connectivity index (χ4n) is 3.26. The van der Waals surface area contributed by atoms with Gasteiger partial charge in [-0.25, -0.2) is 9.67 Å². The average Bonchev–Trinajstić information content (AvgIpc) is 3.11. The summed E-state index contributed by atoms with van der Waals surface area (Å²) >= 11 is 0. The topological polar surface area (TPSA) is 77.0 Å². The van der Waals surface area contributed by atoms with E-state index in [1.807, 2.05) is 36.4 Å². The van der Waals surface area contributed by atoms with Crippen molar-refractivity contribution in [1.82, 2.24) is 19.7 Å². The van der Waals surface area contributed by atoms with Crippen LogP contribution in [0.5, 0.6) is 0 Å². The monoisotopic (exact) mass is 315 g/mol. The van der Waals surface area contributed by atoms with E-state index in [0.717, 1.165) is 36.2 Å². The lowest BCUT2D eigenvalue weighted by Gasteiger charge is -2.25. The molecule has 0 radical (unpaired) electrons. The number of carbonyl (C=O) groups is 1. The second kappa shape index (κ2) is 5.92. The summed E-state index contributed by atoms with van der Waals surface area (Å²) in [6.07, 6.45) is 2.73. The maximum atomic E-state index is 12.5. The van der Waals surface area contributed by atoms with Crippen LogP contribution in [0.4, 0.5) is 0 Å². The number of aromatic nitrogens is 3. The van der Waals surface area contributed by atoms with Gasteiger partial charge in [0.15, 0.2) is 5.65 Å². The van der Waals surface area contributed by atoms with Gasteiger partial charge in [-0.1, -0.05) is 20.8 Å². The molecule has 1 aliphatic rings. The van der Waals surface area contributed by atoms with Crippen molar-refractivity contribution in [1.29, 1.82) is 0 Å². The van der Waals surface area contributed by atoms with Gasteiger partial charge < -0.3 is 10.6 Å². The van der Waals surface area contributed by atoms with E-state index in [1.54, 1.807) is 6.20 Å². The molecule has 1 atom stereocenters. The number of likely N-dealkylation sites (tertiary alicyclic amines) is 1. The Labute approximate surface area is 136 Å². The van der Waals surface area contributed by atoms with Crippen molar-refractivity contribution in [3.05, 3.63) is 24.0 Å². The Kier molecular flexibility index (Phi) is 4.10. The van der Waals surface area contributed by atoms with Gasteiger partial charge in [0.05, 0.1) is 12.2 Å². The smallest absolute Gasteiger partial charge is 0.227 e. The van der Waals surface area contributed by atoms with Crippen LogP contribution < -0.4 is 5.73 Å². The molecule has 2 aromatic rings. The summed E-state index contributed by atoms with van der Waals surface area (Å²) in [5, 5.41) is 5.83. The highest BCUT2D eigenvalue weighted by molar-refractivity contribution is 5.82. The molecule has 1 amide bonds. The molecule has 23 heavy (non-hydrogen) atoms. The third kappa shape index (κ3) is 2.95. The van der Waals surface area contributed by atoms with Gasteiger partial charge in [0.25, 0.3) is 0 Å². The average molecular weight is 315 g/mol. The van der Waals surface area contributed by atoms with E-state index < -0.39 is 0 Å². The van der Waals surface area contributed by atoms with Gasteiger partial charge in [-0.3, -0.25) is 4.79 Å². The van der Waals surface area contributed by atoms with Crippen molar-refractivity contribution in [2.45, 2.75) is 39.7 Å². The molecule has 0 bridgehead atoms. The number of nitrogens with zero attached hydrogens (tertiary/aromatic N) is 4. The molecule has 2 aromatic heterocycles. The number of nitrogens with two attached hydrogens (primary N) is 1. The Morgan fingerprint density at radius 3 is 2.91 bits per heavy atom. The van der Waals surface area contributed by atoms with Gasteiger partial charge in [0.2, 0.25) is 5.91 Å². The van der Waals surface area contributed by atoms with Crippen molar-refractivity contribution in [3.8, 4) is 0 Å². The molecule has 0 saturated carbocycles. The van der Waals surface area contributed by atoms with Crippen LogP contribution in [-0.4, -0.2) is 45.2 Å². The Morgan fingerprint density at radius 2 is 2.22 bits per heavy atom. The molecule has 1 saturated heterocycles. The van der Waals surface area contributed by atoms with E-state index in [4.69, 9.17) is 10.8 Å². The van der Waals surface area contributed by atoms with Crippen LogP contribution in [0.25, 0.3) is 11.0 Å². The van der Waals surface area contributed by atoms with Gasteiger partial charge >= 0.3 is 0 Å². The first-order valence-corrected chi connectivity index (χ1v) is 8.22. The van der Waals surface area contributed by atoms with Crippen LogP contribution in [-0.2, 0) is 11.3 Å². The molecule has 0 aromatic carbocycles. The Morgan fingerprint density at radius 1 is 1.43 bits per heavy atom. The molecular weight excluding hydrogens is 290 g/mol. The maximum absolute atomic E-state index is 12.5. The number of rotatable bonds is 3. The van der Waals surface area contributed by atoms with Crippen LogP contribution in [0.1, 0.15) is 38.8 Å². The summed E-state index contributed by atoms with van der Waals surface area (Å²) in [5.41, 5.74) is 7.28. The molecule has 2 N–H and O–H groups in total. The minimum atomic E-state index is -0.336. The van der Waals surface area contributed by atoms with E-state index in [-0.39, 0.29) is 17.2 Å². The van der Waals surface area contributed by atoms with Gasteiger partial charge in [0, 0.05) is 42.6 Å². The van der Waals surface area contributed by atoms with Crippen molar-refractivity contribution in [2.75, 3.05) is 19.6 Å². The molecule has 3 rings (SSSR count). The van der Waals surface area contributed by atoms with Crippen molar-refractivity contribution in [2.24, 2.45) is 11.1 Å². The maximum Gasteiger partial charge on any atom is 0.227 e. The quantitative estimate of drug-likeness (QED) is 0.936. The van der Waals surface area contributed by atoms with Crippen LogP contribution in [0.3, 0.4) is 0 Å². The van der Waals surface area contributed by atoms with Gasteiger partial charge in [-0.15, -0.1) is 0 Å². The van der Waals surface area contributed by atoms with Crippen molar-refractivity contribution >= 4 is 16.9 Å². The van der Waals surface area contributed by atoms with Gasteiger partial charge in [-0.05, 0) is 18.6 Å². The van der Waals surface area contributed by atoms with Gasteiger partial charge in [0.1, 0.15) is 0 Å². The first-order chi connectivity index (χ1) is 10.9. The zero-order valence-corrected chi connectivity index (χ0v) is 14.1. The third-order valence-electron chi connectivity index (χ3n) is 4.38. The standard InChI is InChI=1S/C17H25N5O/c1-17(2,3)16(23)21-9-6-12(11-21)14-13-5-4-8-19-15(13)22(20-14)10-7-18/h4-5,8,12H,6-7,9-11,18H2,1-3H3. The molecule has 6 nitrogen and oxygen atoms in total. The van der Waals surface area contributed by atoms with Gasteiger partial charge in [-0.2, -0.15) is 5.10 Å². The molecule has 6 heteroatoms. The molecule has 1 unspecified atom stereocenters. The lowest BCUT2D eigenvalue weighted by Crippen LogP contribution is -2.37. The highest BCUT2D eigenvalue weighted by Crippen LogP contribution is 2.33. The van der Waals surface area contributed by atoms with Crippen LogP contribution in [0.15, 0.2) is 18.3 Å². The summed E-state index contributed by atoms with van der Waals surface area (Å²) in [5.74, 6) is 0.482. The van der Waals surface area contributed by atoms with Crippen LogP contribution >= 0.6 is 0 Å². The molecule has 0 spiro atoms. The highest BCUT2D eigenvalue weighted by atomic mass is 16.2. The minimum Gasteiger partial charge on any atom is -0.342 e. The first-order valence-electron chi connectivity index (χ1n) is 8.22. The number of hydrogen-bond acceptors (Lipinski definition) is 4. The number of hydrogen-bond donors (Lipinski definition) is 1. The van der Waals surface area contributed by atoms with E-state index in [0.29, 0.717) is 13.1 Å². The van der Waals surface area contributed by atoms with E-state index in [9.17, 15) is 4.79 Å². The first kappa shape index (κ1) is 15.9. The Balaban J connectivity index is 1.89. The number of fused-ring (bicyclic) bond motifs is 1. The summed E-state index contributed by atoms with van der Waals surface area (Å²) in [6, 6.07) is 4.00. The normalized spacial score (nSPS) is 18.8. The summed E-state index contributed by atoms with van der Waals surface area (Å²) in [4.78, 5) is 18.9. The largest absolute Gasteiger partial charge is 0.342 e. The fraction of sp³-hybridized carbons (Fsp3) is 0.588. The summed E-state index contributed by atoms with van der Waals surface area (Å²) < 4.78 is 1.89. The molecule has 1 aliphatic heterocycles. The van der Waals surface area contributed by atoms with E-state index >= 15 is 0 Å². The molecule has 3 heterocycles. The number of carbonyl (C=O) groups excluding carboxylic acids is 1. The number of pyridine rings is 1. The zero-order chi connectivity index (χ0) is 16.6. The number of amides is 1. The minimum absolute atomic E-state index is 0.212. The highest BCUT2D eigenvalue weighted by Gasteiger charge is 2.35. The van der Waals surface area contributed by atoms with Crippen molar-refractivity contribution < 1.29 is 4.79 Å². The predicted molar refractivity (Wildman–Crippen MR) is 90.0 cm³/mol. The molecular formula is C17H25N5O. The second-order valence-electron chi connectivity index (χ2n) is 7.26. The SMILES string of the molecule is CC(C)(C)C(=O)N1CCC(c2nn(CCN)c3ncccc23)C1. The van der Waals surface area contributed by atoms with Crippen LogP contribution in [0, 0.1) is 5.41 Å². The summed E-state index contributed by atoms with van der Waals surface area (Å²) in [6.45, 7) is 8.64. The zero-order valence-electron chi connectivity index (χ0n) is 14.1. The Bertz CT molecular complexity index is 715. The van der Waals surface area contributed by atoms with E-state index in [1.165, 1.54) is 0 Å². The second-order valence-corrected chi connectivity index (χ2v) is 7.26. The summed E-state index contributed by atoms with van der Waals surface area (Å²) in [7, 11) is 0. The third-order valence-corrected chi connectivity index (χ3v) is 4.38. The fourth-order valence-corrected chi connectivity index (χ4v) is 3.26. The van der Waals surface area contributed by atoms with E-state index in [2.05, 4.69) is 11.1 Å². The lowest BCUT2D eigenvalue weighted by atomic mass is 9.95. The lowest BCUT2D eigenvalue weighted by molar-refractivity contribution is -0.138. The molecule has 124 valence electrons.